The summed E-state index contributed by atoms with van der Waals surface area (Å²) in [5.41, 5.74) is 2.02. The Morgan fingerprint density at radius 1 is 1.24 bits per heavy atom. The summed E-state index contributed by atoms with van der Waals surface area (Å²) in [4.78, 5) is 11.8. The van der Waals surface area contributed by atoms with Gasteiger partial charge in [0.1, 0.15) is 11.3 Å². The molecule has 92 valence electrons. The van der Waals surface area contributed by atoms with Gasteiger partial charge in [-0.3, -0.25) is 0 Å². The van der Waals surface area contributed by atoms with Crippen LogP contribution in [0.15, 0.2) is 30.0 Å². The van der Waals surface area contributed by atoms with Crippen LogP contribution in [0.2, 0.25) is 0 Å². The van der Waals surface area contributed by atoms with E-state index in [4.69, 9.17) is 21.1 Å². The number of esters is 1. The molecule has 0 amide bonds. The van der Waals surface area contributed by atoms with Crippen molar-refractivity contribution < 1.29 is 14.3 Å². The molecular weight excluding hydrogens is 240 g/mol. The van der Waals surface area contributed by atoms with Gasteiger partial charge in [0, 0.05) is 5.88 Å². The van der Waals surface area contributed by atoms with Crippen LogP contribution in [0.1, 0.15) is 18.1 Å². The lowest BCUT2D eigenvalue weighted by atomic mass is 10.00. The fourth-order valence-electron chi connectivity index (χ4n) is 1.53. The number of carbonyl (C=O) groups is 1. The van der Waals surface area contributed by atoms with Gasteiger partial charge >= 0.3 is 5.97 Å². The lowest BCUT2D eigenvalue weighted by Crippen LogP contribution is -2.08. The van der Waals surface area contributed by atoms with Gasteiger partial charge in [0.05, 0.1) is 14.2 Å². The van der Waals surface area contributed by atoms with Crippen molar-refractivity contribution in [3.8, 4) is 0 Å². The number of methoxy groups -OCH3 is 2. The van der Waals surface area contributed by atoms with Crippen molar-refractivity contribution in [1.82, 2.24) is 0 Å². The molecule has 0 unspecified atom stereocenters. The Morgan fingerprint density at radius 3 is 2.41 bits per heavy atom. The van der Waals surface area contributed by atoms with E-state index in [9.17, 15) is 4.79 Å². The predicted octanol–water partition coefficient (Wildman–Crippen LogP) is 2.98. The minimum atomic E-state index is -0.429. The molecule has 0 radical (unpaired) electrons. The smallest absolute Gasteiger partial charge is 0.341 e. The highest BCUT2D eigenvalue weighted by Gasteiger charge is 2.19. The van der Waals surface area contributed by atoms with Crippen LogP contribution >= 0.6 is 11.6 Å². The van der Waals surface area contributed by atoms with Crippen molar-refractivity contribution in [2.75, 3.05) is 14.2 Å². The van der Waals surface area contributed by atoms with Crippen molar-refractivity contribution in [1.29, 1.82) is 0 Å². The first-order valence-corrected chi connectivity index (χ1v) is 5.66. The van der Waals surface area contributed by atoms with E-state index in [1.165, 1.54) is 14.2 Å². The topological polar surface area (TPSA) is 35.5 Å². The average molecular weight is 255 g/mol. The first-order valence-electron chi connectivity index (χ1n) is 5.13. The third-order valence-electron chi connectivity index (χ3n) is 2.48. The summed E-state index contributed by atoms with van der Waals surface area (Å²) < 4.78 is 9.89. The fourth-order valence-corrected chi connectivity index (χ4v) is 1.76. The molecule has 0 aliphatic carbocycles. The van der Waals surface area contributed by atoms with Gasteiger partial charge in [-0.2, -0.15) is 0 Å². The van der Waals surface area contributed by atoms with Gasteiger partial charge in [-0.25, -0.2) is 4.79 Å². The average Bonchev–Trinajstić information content (AvgIpc) is 2.39. The lowest BCUT2D eigenvalue weighted by Gasteiger charge is -2.12. The Kier molecular flexibility index (Phi) is 5.04. The summed E-state index contributed by atoms with van der Waals surface area (Å²) in [6.45, 7) is 1.72. The van der Waals surface area contributed by atoms with E-state index in [-0.39, 0.29) is 0 Å². The van der Waals surface area contributed by atoms with E-state index >= 15 is 0 Å². The van der Waals surface area contributed by atoms with Crippen LogP contribution in [0.5, 0.6) is 0 Å². The summed E-state index contributed by atoms with van der Waals surface area (Å²) in [5.74, 6) is 0.407. The van der Waals surface area contributed by atoms with E-state index < -0.39 is 5.97 Å². The highest BCUT2D eigenvalue weighted by atomic mass is 35.5. The Morgan fingerprint density at radius 2 is 1.88 bits per heavy atom. The third-order valence-corrected chi connectivity index (χ3v) is 2.77. The van der Waals surface area contributed by atoms with Gasteiger partial charge in [0.2, 0.25) is 0 Å². The zero-order chi connectivity index (χ0) is 12.8. The number of hydrogen-bond acceptors (Lipinski definition) is 3. The molecule has 1 aromatic carbocycles. The summed E-state index contributed by atoms with van der Waals surface area (Å²) in [6, 6.07) is 7.41. The normalized spacial score (nSPS) is 11.8. The lowest BCUT2D eigenvalue weighted by molar-refractivity contribution is -0.133. The van der Waals surface area contributed by atoms with Gasteiger partial charge in [-0.1, -0.05) is 24.3 Å². The summed E-state index contributed by atoms with van der Waals surface area (Å²) >= 11 is 5.86. The van der Waals surface area contributed by atoms with E-state index in [0.717, 1.165) is 11.1 Å². The maximum atomic E-state index is 11.8. The molecule has 17 heavy (non-hydrogen) atoms. The second-order valence-corrected chi connectivity index (χ2v) is 3.68. The standard InChI is InChI=1S/C13H15ClO3/c1-9(16-2)12(13(15)17-3)11-7-5-4-6-10(11)8-14/h4-7H,8H2,1-3H3. The molecule has 0 saturated heterocycles. The van der Waals surface area contributed by atoms with Gasteiger partial charge in [0.15, 0.2) is 0 Å². The SMILES string of the molecule is COC(=O)C(=C(C)OC)c1ccccc1CCl. The van der Waals surface area contributed by atoms with Crippen molar-refractivity contribution in [2.45, 2.75) is 12.8 Å². The first-order chi connectivity index (χ1) is 8.15. The van der Waals surface area contributed by atoms with E-state index in [1.807, 2.05) is 24.3 Å². The van der Waals surface area contributed by atoms with Gasteiger partial charge < -0.3 is 9.47 Å². The number of halogens is 1. The molecule has 0 aromatic heterocycles. The molecule has 1 aromatic rings. The Labute approximate surface area is 106 Å². The third kappa shape index (κ3) is 3.01. The first kappa shape index (κ1) is 13.6. The van der Waals surface area contributed by atoms with Crippen molar-refractivity contribution >= 4 is 23.1 Å². The number of carbonyl (C=O) groups excluding carboxylic acids is 1. The maximum absolute atomic E-state index is 11.8. The molecule has 0 heterocycles. The quantitative estimate of drug-likeness (QED) is 0.359. The van der Waals surface area contributed by atoms with Gasteiger partial charge in [-0.15, -0.1) is 11.6 Å². The molecule has 0 fully saturated rings. The number of alkyl halides is 1. The number of allylic oxidation sites excluding steroid dienone is 1. The van der Waals surface area contributed by atoms with Crippen LogP contribution in [-0.2, 0) is 20.1 Å². The Hall–Kier alpha value is -1.48. The fraction of sp³-hybridized carbons (Fsp3) is 0.308. The summed E-state index contributed by atoms with van der Waals surface area (Å²) in [7, 11) is 2.86. The highest BCUT2D eigenvalue weighted by molar-refractivity contribution is 6.20. The largest absolute Gasteiger partial charge is 0.500 e. The minimum Gasteiger partial charge on any atom is -0.500 e. The molecule has 3 nitrogen and oxygen atoms in total. The number of ether oxygens (including phenoxy) is 2. The van der Waals surface area contributed by atoms with Crippen molar-refractivity contribution in [2.24, 2.45) is 0 Å². The molecule has 0 atom stereocenters. The van der Waals surface area contributed by atoms with Crippen LogP contribution in [0.4, 0.5) is 0 Å². The molecule has 4 heteroatoms. The molecule has 0 aliphatic heterocycles. The van der Waals surface area contributed by atoms with Gasteiger partial charge in [0.25, 0.3) is 0 Å². The van der Waals surface area contributed by atoms with E-state index in [0.29, 0.717) is 17.2 Å². The Balaban J connectivity index is 3.38. The van der Waals surface area contributed by atoms with Crippen LogP contribution in [0.25, 0.3) is 5.57 Å². The number of hydrogen-bond donors (Lipinski definition) is 0. The van der Waals surface area contributed by atoms with Crippen LogP contribution in [-0.4, -0.2) is 20.2 Å². The minimum absolute atomic E-state index is 0.327. The van der Waals surface area contributed by atoms with Crippen molar-refractivity contribution in [3.63, 3.8) is 0 Å². The molecule has 0 bridgehead atoms. The molecule has 1 rings (SSSR count). The van der Waals surface area contributed by atoms with E-state index in [2.05, 4.69) is 0 Å². The Bertz CT molecular complexity index is 438. The second kappa shape index (κ2) is 6.30. The summed E-state index contributed by atoms with van der Waals surface area (Å²) in [5, 5.41) is 0. The molecule has 0 spiro atoms. The summed E-state index contributed by atoms with van der Waals surface area (Å²) in [6.07, 6.45) is 0. The zero-order valence-corrected chi connectivity index (χ0v) is 10.9. The van der Waals surface area contributed by atoms with Gasteiger partial charge in [-0.05, 0) is 18.1 Å². The maximum Gasteiger partial charge on any atom is 0.341 e. The molecule has 0 N–H and O–H groups in total. The molecule has 0 saturated carbocycles. The molecule has 0 aliphatic rings. The monoisotopic (exact) mass is 254 g/mol. The molecular formula is C13H15ClO3. The number of benzene rings is 1. The van der Waals surface area contributed by atoms with Crippen LogP contribution in [0, 0.1) is 0 Å². The highest BCUT2D eigenvalue weighted by Crippen LogP contribution is 2.25. The second-order valence-electron chi connectivity index (χ2n) is 3.42. The number of rotatable bonds is 4. The van der Waals surface area contributed by atoms with Crippen LogP contribution in [0.3, 0.4) is 0 Å². The zero-order valence-electron chi connectivity index (χ0n) is 10.1. The predicted molar refractivity (Wildman–Crippen MR) is 67.6 cm³/mol. The van der Waals surface area contributed by atoms with Crippen molar-refractivity contribution in [3.05, 3.63) is 41.2 Å². The van der Waals surface area contributed by atoms with E-state index in [1.54, 1.807) is 6.92 Å². The van der Waals surface area contributed by atoms with Crippen LogP contribution < -0.4 is 0 Å².